The number of hydrogen-bond donors (Lipinski definition) is 1. The van der Waals surface area contributed by atoms with E-state index in [2.05, 4.69) is 5.32 Å². The first-order chi connectivity index (χ1) is 11.8. The summed E-state index contributed by atoms with van der Waals surface area (Å²) in [5.74, 6) is -0.552. The largest absolute Gasteiger partial charge is 0.416 e. The first kappa shape index (κ1) is 17.5. The molecule has 1 aliphatic rings. The van der Waals surface area contributed by atoms with Gasteiger partial charge in [-0.1, -0.05) is 18.2 Å². The van der Waals surface area contributed by atoms with Crippen LogP contribution in [-0.2, 0) is 17.5 Å². The summed E-state index contributed by atoms with van der Waals surface area (Å²) in [7, 11) is 0. The van der Waals surface area contributed by atoms with Gasteiger partial charge in [0.1, 0.15) is 0 Å². The number of amides is 2. The van der Waals surface area contributed by atoms with E-state index in [0.717, 1.165) is 6.07 Å². The molecule has 2 heterocycles. The molecule has 1 aromatic carbocycles. The highest BCUT2D eigenvalue weighted by atomic mass is 32.1. The summed E-state index contributed by atoms with van der Waals surface area (Å²) in [6, 6.07) is 6.48. The normalized spacial score (nSPS) is 17.8. The van der Waals surface area contributed by atoms with Crippen molar-refractivity contribution >= 4 is 23.2 Å². The number of nitrogens with one attached hydrogen (secondary N) is 1. The van der Waals surface area contributed by atoms with Crippen LogP contribution in [0.5, 0.6) is 0 Å². The number of thiophene rings is 1. The van der Waals surface area contributed by atoms with Gasteiger partial charge in [0.2, 0.25) is 5.91 Å². The highest BCUT2D eigenvalue weighted by Crippen LogP contribution is 2.32. The Morgan fingerprint density at radius 3 is 2.72 bits per heavy atom. The maximum atomic E-state index is 13.1. The number of carbonyl (C=O) groups is 2. The Hall–Kier alpha value is -2.35. The number of rotatable bonds is 4. The third-order valence-electron chi connectivity index (χ3n) is 4.02. The third-order valence-corrected chi connectivity index (χ3v) is 4.70. The lowest BCUT2D eigenvalue weighted by molar-refractivity contribution is -0.139. The Morgan fingerprint density at radius 1 is 1.28 bits per heavy atom. The van der Waals surface area contributed by atoms with Crippen LogP contribution < -0.4 is 5.32 Å². The van der Waals surface area contributed by atoms with Gasteiger partial charge in [-0.05, 0) is 23.1 Å². The van der Waals surface area contributed by atoms with Crippen LogP contribution in [0.4, 0.5) is 13.2 Å². The second-order valence-corrected chi connectivity index (χ2v) is 6.60. The number of nitrogens with zero attached hydrogens (tertiary/aromatic N) is 1. The SMILES string of the molecule is O=C(N[C@H]1CC(=O)N(Cc2ccccc2C(F)(F)F)C1)c1ccsc1. The van der Waals surface area contributed by atoms with E-state index >= 15 is 0 Å². The van der Waals surface area contributed by atoms with Crippen LogP contribution >= 0.6 is 11.3 Å². The van der Waals surface area contributed by atoms with E-state index in [1.54, 1.807) is 16.8 Å². The van der Waals surface area contributed by atoms with Crippen molar-refractivity contribution in [1.82, 2.24) is 10.2 Å². The van der Waals surface area contributed by atoms with E-state index < -0.39 is 17.8 Å². The minimum atomic E-state index is -4.47. The number of hydrogen-bond acceptors (Lipinski definition) is 3. The molecule has 1 fully saturated rings. The zero-order chi connectivity index (χ0) is 18.0. The molecule has 1 N–H and O–H groups in total. The lowest BCUT2D eigenvalue weighted by atomic mass is 10.1. The number of likely N-dealkylation sites (tertiary alicyclic amines) is 1. The molecule has 3 rings (SSSR count). The first-order valence-corrected chi connectivity index (χ1v) is 8.55. The maximum Gasteiger partial charge on any atom is 0.416 e. The third kappa shape index (κ3) is 4.01. The monoisotopic (exact) mass is 368 g/mol. The van der Waals surface area contributed by atoms with E-state index in [0.29, 0.717) is 5.56 Å². The molecule has 0 spiro atoms. The van der Waals surface area contributed by atoms with Crippen molar-refractivity contribution in [3.63, 3.8) is 0 Å². The number of carbonyl (C=O) groups excluding carboxylic acids is 2. The number of alkyl halides is 3. The second-order valence-electron chi connectivity index (χ2n) is 5.82. The van der Waals surface area contributed by atoms with Gasteiger partial charge < -0.3 is 10.2 Å². The molecular weight excluding hydrogens is 353 g/mol. The summed E-state index contributed by atoms with van der Waals surface area (Å²) in [5.41, 5.74) is -0.181. The van der Waals surface area contributed by atoms with Gasteiger partial charge in [0, 0.05) is 30.5 Å². The van der Waals surface area contributed by atoms with E-state index in [4.69, 9.17) is 0 Å². The van der Waals surface area contributed by atoms with E-state index in [9.17, 15) is 22.8 Å². The van der Waals surface area contributed by atoms with Gasteiger partial charge in [0.15, 0.2) is 0 Å². The van der Waals surface area contributed by atoms with Crippen LogP contribution in [0.3, 0.4) is 0 Å². The molecule has 0 saturated carbocycles. The summed E-state index contributed by atoms with van der Waals surface area (Å²) in [6.07, 6.45) is -4.38. The smallest absolute Gasteiger partial charge is 0.347 e. The molecule has 0 bridgehead atoms. The minimum Gasteiger partial charge on any atom is -0.347 e. The molecular formula is C17H15F3N2O2S. The molecule has 1 aliphatic heterocycles. The minimum absolute atomic E-state index is 0.0492. The summed E-state index contributed by atoms with van der Waals surface area (Å²) < 4.78 is 39.2. The van der Waals surface area contributed by atoms with Crippen LogP contribution in [0.2, 0.25) is 0 Å². The van der Waals surface area contributed by atoms with Crippen molar-refractivity contribution < 1.29 is 22.8 Å². The fraction of sp³-hybridized carbons (Fsp3) is 0.294. The van der Waals surface area contributed by atoms with Gasteiger partial charge in [-0.3, -0.25) is 9.59 Å². The van der Waals surface area contributed by atoms with E-state index in [1.165, 1.54) is 34.4 Å². The Kier molecular flexibility index (Phi) is 4.80. The molecule has 4 nitrogen and oxygen atoms in total. The zero-order valence-electron chi connectivity index (χ0n) is 13.0. The summed E-state index contributed by atoms with van der Waals surface area (Å²) in [5, 5.41) is 6.23. The summed E-state index contributed by atoms with van der Waals surface area (Å²) in [4.78, 5) is 25.5. The molecule has 2 amide bonds. The fourth-order valence-corrected chi connectivity index (χ4v) is 3.46. The molecule has 2 aromatic rings. The molecule has 1 aromatic heterocycles. The van der Waals surface area contributed by atoms with Crippen LogP contribution in [-0.4, -0.2) is 29.3 Å². The zero-order valence-corrected chi connectivity index (χ0v) is 13.9. The molecule has 0 aliphatic carbocycles. The molecule has 1 atom stereocenters. The van der Waals surface area contributed by atoms with Crippen LogP contribution in [0, 0.1) is 0 Å². The number of benzene rings is 1. The number of halogens is 3. The standard InChI is InChI=1S/C17H15F3N2O2S/c18-17(19,20)14-4-2-1-3-11(14)8-22-9-13(7-15(22)23)21-16(24)12-5-6-25-10-12/h1-6,10,13H,7-9H2,(H,21,24)/t13-/m0/s1. The van der Waals surface area contributed by atoms with Crippen LogP contribution in [0.1, 0.15) is 27.9 Å². The van der Waals surface area contributed by atoms with Crippen molar-refractivity contribution in [3.8, 4) is 0 Å². The molecule has 1 saturated heterocycles. The molecule has 132 valence electrons. The molecule has 8 heteroatoms. The maximum absolute atomic E-state index is 13.1. The van der Waals surface area contributed by atoms with E-state index in [-0.39, 0.29) is 36.9 Å². The average Bonchev–Trinajstić information content (AvgIpc) is 3.18. The van der Waals surface area contributed by atoms with Gasteiger partial charge in [-0.2, -0.15) is 24.5 Å². The molecule has 0 radical (unpaired) electrons. The van der Waals surface area contributed by atoms with Crippen molar-refractivity contribution in [2.45, 2.75) is 25.2 Å². The highest BCUT2D eigenvalue weighted by Gasteiger charge is 2.36. The van der Waals surface area contributed by atoms with Gasteiger partial charge in [0.05, 0.1) is 11.6 Å². The first-order valence-electron chi connectivity index (χ1n) is 7.60. The molecule has 25 heavy (non-hydrogen) atoms. The summed E-state index contributed by atoms with van der Waals surface area (Å²) in [6.45, 7) is 0.0697. The van der Waals surface area contributed by atoms with Crippen molar-refractivity contribution in [1.29, 1.82) is 0 Å². The Balaban J connectivity index is 1.67. The lowest BCUT2D eigenvalue weighted by Gasteiger charge is -2.20. The van der Waals surface area contributed by atoms with E-state index in [1.807, 2.05) is 0 Å². The Labute approximate surface area is 146 Å². The van der Waals surface area contributed by atoms with Crippen molar-refractivity contribution in [2.24, 2.45) is 0 Å². The topological polar surface area (TPSA) is 49.4 Å². The lowest BCUT2D eigenvalue weighted by Crippen LogP contribution is -2.37. The predicted octanol–water partition coefficient (Wildman–Crippen LogP) is 3.30. The van der Waals surface area contributed by atoms with Crippen molar-refractivity contribution in [2.75, 3.05) is 6.54 Å². The van der Waals surface area contributed by atoms with Gasteiger partial charge >= 0.3 is 6.18 Å². The van der Waals surface area contributed by atoms with Crippen molar-refractivity contribution in [3.05, 3.63) is 57.8 Å². The Morgan fingerprint density at radius 2 is 2.04 bits per heavy atom. The average molecular weight is 368 g/mol. The van der Waals surface area contributed by atoms with Gasteiger partial charge in [-0.25, -0.2) is 0 Å². The van der Waals surface area contributed by atoms with Gasteiger partial charge in [0.25, 0.3) is 5.91 Å². The van der Waals surface area contributed by atoms with Crippen LogP contribution in [0.15, 0.2) is 41.1 Å². The molecule has 0 unspecified atom stereocenters. The predicted molar refractivity (Wildman–Crippen MR) is 87.1 cm³/mol. The second kappa shape index (κ2) is 6.87. The fourth-order valence-electron chi connectivity index (χ4n) is 2.82. The Bertz CT molecular complexity index is 774. The van der Waals surface area contributed by atoms with Gasteiger partial charge in [-0.15, -0.1) is 0 Å². The summed E-state index contributed by atoms with van der Waals surface area (Å²) >= 11 is 1.39. The van der Waals surface area contributed by atoms with Crippen LogP contribution in [0.25, 0.3) is 0 Å². The highest BCUT2D eigenvalue weighted by molar-refractivity contribution is 7.08. The quantitative estimate of drug-likeness (QED) is 0.900.